The summed E-state index contributed by atoms with van der Waals surface area (Å²) in [7, 11) is 0. The molecule has 1 atom stereocenters. The van der Waals surface area contributed by atoms with Gasteiger partial charge in [-0.3, -0.25) is 0 Å². The number of nitrogens with one attached hydrogen (secondary N) is 1. The maximum absolute atomic E-state index is 3.84. The predicted octanol–water partition coefficient (Wildman–Crippen LogP) is 4.78. The van der Waals surface area contributed by atoms with E-state index in [0.29, 0.717) is 11.5 Å². The predicted molar refractivity (Wildman–Crippen MR) is 92.1 cm³/mol. The molecule has 1 nitrogen and oxygen atoms in total. The molecule has 1 aliphatic carbocycles. The van der Waals surface area contributed by atoms with Gasteiger partial charge >= 0.3 is 0 Å². The maximum Gasteiger partial charge on any atom is 0.0167 e. The molecule has 1 aromatic heterocycles. The molecule has 2 heteroatoms. The average Bonchev–Trinajstić information content (AvgIpc) is 3.17. The van der Waals surface area contributed by atoms with Crippen molar-refractivity contribution in [2.24, 2.45) is 0 Å². The minimum absolute atomic E-state index is 0.395. The molecule has 3 rings (SSSR count). The summed E-state index contributed by atoms with van der Waals surface area (Å²) in [5, 5.41) is 8.32. The van der Waals surface area contributed by atoms with Crippen molar-refractivity contribution in [2.75, 3.05) is 6.54 Å². The molecule has 1 unspecified atom stereocenters. The van der Waals surface area contributed by atoms with Gasteiger partial charge in [0.2, 0.25) is 0 Å². The molecule has 0 saturated heterocycles. The van der Waals surface area contributed by atoms with Gasteiger partial charge in [-0.2, -0.15) is 11.3 Å². The standard InChI is InChI=1S/C19H25NS/c1-2-13-20-18(9-8-16-10-14-21-15-16)19(11-12-19)17-6-4-3-5-7-17/h3-7,10,14-15,18,20H,2,8-9,11-13H2,1H3. The molecule has 0 radical (unpaired) electrons. The number of thiophene rings is 1. The molecule has 0 spiro atoms. The highest BCUT2D eigenvalue weighted by Gasteiger charge is 2.49. The molecule has 0 amide bonds. The smallest absolute Gasteiger partial charge is 0.0167 e. The van der Waals surface area contributed by atoms with Crippen molar-refractivity contribution in [2.45, 2.75) is 50.5 Å². The summed E-state index contributed by atoms with van der Waals surface area (Å²) in [5.41, 5.74) is 3.42. The Hall–Kier alpha value is -1.12. The lowest BCUT2D eigenvalue weighted by Gasteiger charge is -2.29. The third-order valence-electron chi connectivity index (χ3n) is 4.75. The van der Waals surface area contributed by atoms with Crippen LogP contribution in [0.1, 0.15) is 43.7 Å². The first-order valence-corrected chi connectivity index (χ1v) is 9.09. The Kier molecular flexibility index (Phi) is 4.77. The van der Waals surface area contributed by atoms with Crippen LogP contribution in [0.5, 0.6) is 0 Å². The minimum Gasteiger partial charge on any atom is -0.313 e. The van der Waals surface area contributed by atoms with Gasteiger partial charge in [-0.25, -0.2) is 0 Å². The van der Waals surface area contributed by atoms with Crippen LogP contribution in [0.4, 0.5) is 0 Å². The molecule has 1 saturated carbocycles. The lowest BCUT2D eigenvalue weighted by molar-refractivity contribution is 0.392. The van der Waals surface area contributed by atoms with E-state index in [2.05, 4.69) is 59.4 Å². The van der Waals surface area contributed by atoms with Gasteiger partial charge in [0.25, 0.3) is 0 Å². The van der Waals surface area contributed by atoms with Crippen molar-refractivity contribution < 1.29 is 0 Å². The van der Waals surface area contributed by atoms with Gasteiger partial charge in [-0.15, -0.1) is 0 Å². The SMILES string of the molecule is CCCNC(CCc1ccsc1)C1(c2ccccc2)CC1. The normalized spacial score (nSPS) is 17.6. The highest BCUT2D eigenvalue weighted by atomic mass is 32.1. The molecular weight excluding hydrogens is 274 g/mol. The van der Waals surface area contributed by atoms with Crippen LogP contribution in [0, 0.1) is 0 Å². The van der Waals surface area contributed by atoms with E-state index in [1.54, 1.807) is 0 Å². The van der Waals surface area contributed by atoms with Crippen LogP contribution < -0.4 is 5.32 Å². The Balaban J connectivity index is 1.72. The summed E-state index contributed by atoms with van der Waals surface area (Å²) in [6.45, 7) is 3.38. The Bertz CT molecular complexity index is 528. The van der Waals surface area contributed by atoms with Crippen molar-refractivity contribution >= 4 is 11.3 Å². The van der Waals surface area contributed by atoms with Crippen LogP contribution in [0.15, 0.2) is 47.2 Å². The molecular formula is C19H25NS. The first-order valence-electron chi connectivity index (χ1n) is 8.15. The van der Waals surface area contributed by atoms with Crippen molar-refractivity contribution in [3.63, 3.8) is 0 Å². The summed E-state index contributed by atoms with van der Waals surface area (Å²) in [4.78, 5) is 0. The third kappa shape index (κ3) is 3.38. The van der Waals surface area contributed by atoms with E-state index >= 15 is 0 Å². The molecule has 0 bridgehead atoms. The Morgan fingerprint density at radius 2 is 2.00 bits per heavy atom. The molecule has 1 aromatic carbocycles. The lowest BCUT2D eigenvalue weighted by atomic mass is 9.85. The van der Waals surface area contributed by atoms with Gasteiger partial charge in [0.1, 0.15) is 0 Å². The fraction of sp³-hybridized carbons (Fsp3) is 0.474. The minimum atomic E-state index is 0.395. The van der Waals surface area contributed by atoms with Crippen LogP contribution in [-0.2, 0) is 11.8 Å². The van der Waals surface area contributed by atoms with Crippen LogP contribution >= 0.6 is 11.3 Å². The first-order chi connectivity index (χ1) is 10.3. The summed E-state index contributed by atoms with van der Waals surface area (Å²) in [6, 6.07) is 14.0. The van der Waals surface area contributed by atoms with Gasteiger partial charge in [-0.05, 0) is 66.6 Å². The van der Waals surface area contributed by atoms with E-state index in [0.717, 1.165) is 6.54 Å². The molecule has 0 aliphatic heterocycles. The number of hydrogen-bond donors (Lipinski definition) is 1. The zero-order valence-corrected chi connectivity index (χ0v) is 13.7. The second-order valence-electron chi connectivity index (χ2n) is 6.20. The fourth-order valence-electron chi connectivity index (χ4n) is 3.38. The number of hydrogen-bond acceptors (Lipinski definition) is 2. The zero-order valence-electron chi connectivity index (χ0n) is 12.8. The van der Waals surface area contributed by atoms with Crippen LogP contribution in [0.3, 0.4) is 0 Å². The van der Waals surface area contributed by atoms with E-state index in [1.165, 1.54) is 43.2 Å². The summed E-state index contributed by atoms with van der Waals surface area (Å²) in [5.74, 6) is 0. The summed E-state index contributed by atoms with van der Waals surface area (Å²) < 4.78 is 0. The Morgan fingerprint density at radius 1 is 1.19 bits per heavy atom. The quantitative estimate of drug-likeness (QED) is 0.739. The Morgan fingerprint density at radius 3 is 2.62 bits per heavy atom. The van der Waals surface area contributed by atoms with E-state index in [4.69, 9.17) is 0 Å². The highest BCUT2D eigenvalue weighted by molar-refractivity contribution is 7.07. The molecule has 112 valence electrons. The van der Waals surface area contributed by atoms with E-state index in [9.17, 15) is 0 Å². The monoisotopic (exact) mass is 299 g/mol. The molecule has 1 heterocycles. The van der Waals surface area contributed by atoms with Gasteiger partial charge < -0.3 is 5.32 Å². The van der Waals surface area contributed by atoms with Crippen LogP contribution in [-0.4, -0.2) is 12.6 Å². The fourth-order valence-corrected chi connectivity index (χ4v) is 4.08. The van der Waals surface area contributed by atoms with Crippen molar-refractivity contribution in [1.29, 1.82) is 0 Å². The van der Waals surface area contributed by atoms with Crippen LogP contribution in [0.2, 0.25) is 0 Å². The largest absolute Gasteiger partial charge is 0.313 e. The molecule has 1 aliphatic rings. The number of aryl methyl sites for hydroxylation is 1. The zero-order chi connectivity index (χ0) is 14.5. The third-order valence-corrected chi connectivity index (χ3v) is 5.48. The maximum atomic E-state index is 3.84. The second kappa shape index (κ2) is 6.76. The van der Waals surface area contributed by atoms with E-state index < -0.39 is 0 Å². The van der Waals surface area contributed by atoms with Gasteiger partial charge in [0, 0.05) is 11.5 Å². The van der Waals surface area contributed by atoms with E-state index in [-0.39, 0.29) is 0 Å². The molecule has 1 fully saturated rings. The Labute approximate surface area is 132 Å². The average molecular weight is 299 g/mol. The van der Waals surface area contributed by atoms with Gasteiger partial charge in [0.05, 0.1) is 0 Å². The van der Waals surface area contributed by atoms with Crippen molar-refractivity contribution in [3.05, 3.63) is 58.3 Å². The second-order valence-corrected chi connectivity index (χ2v) is 6.98. The van der Waals surface area contributed by atoms with Crippen molar-refractivity contribution in [3.8, 4) is 0 Å². The van der Waals surface area contributed by atoms with Crippen molar-refractivity contribution in [1.82, 2.24) is 5.32 Å². The molecule has 21 heavy (non-hydrogen) atoms. The van der Waals surface area contributed by atoms with Crippen LogP contribution in [0.25, 0.3) is 0 Å². The lowest BCUT2D eigenvalue weighted by Crippen LogP contribution is -2.40. The number of benzene rings is 1. The topological polar surface area (TPSA) is 12.0 Å². The molecule has 2 aromatic rings. The summed E-state index contributed by atoms with van der Waals surface area (Å²) in [6.07, 6.45) is 6.31. The number of rotatable bonds is 8. The van der Waals surface area contributed by atoms with E-state index in [1.807, 2.05) is 11.3 Å². The summed E-state index contributed by atoms with van der Waals surface area (Å²) >= 11 is 1.81. The van der Waals surface area contributed by atoms with Gasteiger partial charge in [0.15, 0.2) is 0 Å². The van der Waals surface area contributed by atoms with Gasteiger partial charge in [-0.1, -0.05) is 37.3 Å². The molecule has 1 N–H and O–H groups in total. The first kappa shape index (κ1) is 14.8. The highest BCUT2D eigenvalue weighted by Crippen LogP contribution is 2.52.